The predicted octanol–water partition coefficient (Wildman–Crippen LogP) is 3.07. The summed E-state index contributed by atoms with van der Waals surface area (Å²) in [4.78, 5) is 4.08. The van der Waals surface area contributed by atoms with Crippen molar-refractivity contribution < 1.29 is 13.2 Å². The van der Waals surface area contributed by atoms with E-state index in [2.05, 4.69) is 29.5 Å². The summed E-state index contributed by atoms with van der Waals surface area (Å²) in [6, 6.07) is 5.24. The maximum Gasteiger partial charge on any atom is 0.416 e. The zero-order valence-corrected chi connectivity index (χ0v) is 12.6. The first kappa shape index (κ1) is 17.3. The van der Waals surface area contributed by atoms with E-state index in [1.165, 1.54) is 12.1 Å². The van der Waals surface area contributed by atoms with Crippen LogP contribution in [-0.4, -0.2) is 26.1 Å². The highest BCUT2D eigenvalue weighted by Gasteiger charge is 2.29. The van der Waals surface area contributed by atoms with Crippen molar-refractivity contribution in [3.63, 3.8) is 0 Å². The van der Waals surface area contributed by atoms with Crippen LogP contribution in [0.1, 0.15) is 25.0 Å². The van der Waals surface area contributed by atoms with Crippen molar-refractivity contribution in [2.45, 2.75) is 26.4 Å². The van der Waals surface area contributed by atoms with Gasteiger partial charge in [0.25, 0.3) is 0 Å². The molecule has 0 unspecified atom stereocenters. The number of hydrogen-bond acceptors (Lipinski definition) is 1. The largest absolute Gasteiger partial charge is 0.416 e. The van der Waals surface area contributed by atoms with Gasteiger partial charge in [0.1, 0.15) is 0 Å². The molecule has 6 heteroatoms. The summed E-state index contributed by atoms with van der Waals surface area (Å²) < 4.78 is 37.3. The summed E-state index contributed by atoms with van der Waals surface area (Å²) in [5, 5.41) is 6.31. The molecule has 0 aliphatic heterocycles. The maximum atomic E-state index is 12.4. The van der Waals surface area contributed by atoms with Crippen molar-refractivity contribution in [3.05, 3.63) is 35.4 Å². The van der Waals surface area contributed by atoms with Crippen LogP contribution in [-0.2, 0) is 12.6 Å². The Morgan fingerprint density at radius 3 is 2.24 bits per heavy atom. The average Bonchev–Trinajstić information content (AvgIpc) is 2.42. The molecule has 2 N–H and O–H groups in total. The normalized spacial score (nSPS) is 12.6. The summed E-state index contributed by atoms with van der Waals surface area (Å²) in [7, 11) is 1.69. The summed E-state index contributed by atoms with van der Waals surface area (Å²) in [6.45, 7) is 5.63. The number of rotatable bonds is 5. The first-order valence-corrected chi connectivity index (χ1v) is 6.93. The third-order valence-corrected chi connectivity index (χ3v) is 2.89. The minimum Gasteiger partial charge on any atom is -0.356 e. The Labute approximate surface area is 123 Å². The quantitative estimate of drug-likeness (QED) is 0.648. The van der Waals surface area contributed by atoms with Crippen molar-refractivity contribution in [2.24, 2.45) is 10.9 Å². The molecule has 118 valence electrons. The molecule has 0 saturated carbocycles. The van der Waals surface area contributed by atoms with Crippen LogP contribution in [0.4, 0.5) is 13.2 Å². The van der Waals surface area contributed by atoms with Crippen LogP contribution in [0.3, 0.4) is 0 Å². The molecular weight excluding hydrogens is 279 g/mol. The third kappa shape index (κ3) is 6.51. The number of alkyl halides is 3. The van der Waals surface area contributed by atoms with Crippen LogP contribution >= 0.6 is 0 Å². The van der Waals surface area contributed by atoms with Crippen molar-refractivity contribution in [1.82, 2.24) is 10.6 Å². The van der Waals surface area contributed by atoms with E-state index >= 15 is 0 Å². The molecule has 1 rings (SSSR count). The number of guanidine groups is 1. The maximum absolute atomic E-state index is 12.4. The van der Waals surface area contributed by atoms with Gasteiger partial charge in [-0.2, -0.15) is 13.2 Å². The Kier molecular flexibility index (Phi) is 6.52. The Morgan fingerprint density at radius 2 is 1.76 bits per heavy atom. The van der Waals surface area contributed by atoms with E-state index < -0.39 is 11.7 Å². The lowest BCUT2D eigenvalue weighted by molar-refractivity contribution is -0.137. The van der Waals surface area contributed by atoms with E-state index in [0.717, 1.165) is 24.2 Å². The lowest BCUT2D eigenvalue weighted by Gasteiger charge is -2.13. The predicted molar refractivity (Wildman–Crippen MR) is 79.4 cm³/mol. The van der Waals surface area contributed by atoms with Gasteiger partial charge in [0.15, 0.2) is 5.96 Å². The van der Waals surface area contributed by atoms with Gasteiger partial charge in [0.05, 0.1) is 5.56 Å². The molecule has 0 heterocycles. The van der Waals surface area contributed by atoms with Gasteiger partial charge in [-0.15, -0.1) is 0 Å². The SMILES string of the molecule is CN=C(NCCc1ccc(C(F)(F)F)cc1)NCC(C)C. The second-order valence-electron chi connectivity index (χ2n) is 5.22. The van der Waals surface area contributed by atoms with E-state index in [0.29, 0.717) is 24.8 Å². The lowest BCUT2D eigenvalue weighted by Crippen LogP contribution is -2.39. The molecule has 0 bridgehead atoms. The zero-order chi connectivity index (χ0) is 15.9. The van der Waals surface area contributed by atoms with Crippen molar-refractivity contribution >= 4 is 5.96 Å². The van der Waals surface area contributed by atoms with Crippen molar-refractivity contribution in [1.29, 1.82) is 0 Å². The number of hydrogen-bond donors (Lipinski definition) is 2. The first-order valence-electron chi connectivity index (χ1n) is 6.93. The highest BCUT2D eigenvalue weighted by atomic mass is 19.4. The summed E-state index contributed by atoms with van der Waals surface area (Å²) >= 11 is 0. The second-order valence-corrected chi connectivity index (χ2v) is 5.22. The van der Waals surface area contributed by atoms with Gasteiger partial charge < -0.3 is 10.6 Å². The topological polar surface area (TPSA) is 36.4 Å². The van der Waals surface area contributed by atoms with Crippen molar-refractivity contribution in [2.75, 3.05) is 20.1 Å². The van der Waals surface area contributed by atoms with Crippen LogP contribution in [0.15, 0.2) is 29.3 Å². The summed E-state index contributed by atoms with van der Waals surface area (Å²) in [5.41, 5.74) is 0.239. The number of halogens is 3. The molecule has 0 amide bonds. The molecule has 0 atom stereocenters. The monoisotopic (exact) mass is 301 g/mol. The van der Waals surface area contributed by atoms with Crippen LogP contribution < -0.4 is 10.6 Å². The molecule has 0 aliphatic carbocycles. The van der Waals surface area contributed by atoms with Crippen molar-refractivity contribution in [3.8, 4) is 0 Å². The van der Waals surface area contributed by atoms with Gasteiger partial charge >= 0.3 is 6.18 Å². The van der Waals surface area contributed by atoms with E-state index in [4.69, 9.17) is 0 Å². The summed E-state index contributed by atoms with van der Waals surface area (Å²) in [5.74, 6) is 1.22. The van der Waals surface area contributed by atoms with E-state index in [1.807, 2.05) is 0 Å². The van der Waals surface area contributed by atoms with Crippen LogP contribution in [0.2, 0.25) is 0 Å². The minimum absolute atomic E-state index is 0.512. The second kappa shape index (κ2) is 7.90. The number of benzene rings is 1. The number of nitrogens with zero attached hydrogens (tertiary/aromatic N) is 1. The van der Waals surface area contributed by atoms with Crippen LogP contribution in [0.25, 0.3) is 0 Å². The van der Waals surface area contributed by atoms with Gasteiger partial charge in [-0.05, 0) is 30.0 Å². The fourth-order valence-corrected chi connectivity index (χ4v) is 1.71. The molecule has 1 aromatic carbocycles. The fourth-order valence-electron chi connectivity index (χ4n) is 1.71. The van der Waals surface area contributed by atoms with E-state index in [9.17, 15) is 13.2 Å². The van der Waals surface area contributed by atoms with Gasteiger partial charge in [0.2, 0.25) is 0 Å². The summed E-state index contributed by atoms with van der Waals surface area (Å²) in [6.07, 6.45) is -3.64. The average molecular weight is 301 g/mol. The Hall–Kier alpha value is -1.72. The number of nitrogens with one attached hydrogen (secondary N) is 2. The van der Waals surface area contributed by atoms with Gasteiger partial charge in [-0.3, -0.25) is 4.99 Å². The molecule has 3 nitrogen and oxygen atoms in total. The minimum atomic E-state index is -4.28. The molecule has 1 aromatic rings. The fraction of sp³-hybridized carbons (Fsp3) is 0.533. The molecule has 0 fully saturated rings. The Bertz CT molecular complexity index is 450. The zero-order valence-electron chi connectivity index (χ0n) is 12.6. The third-order valence-electron chi connectivity index (χ3n) is 2.89. The molecular formula is C15H22F3N3. The highest BCUT2D eigenvalue weighted by Crippen LogP contribution is 2.29. The molecule has 0 aliphatic rings. The molecule has 0 radical (unpaired) electrons. The standard InChI is InChI=1S/C15H22F3N3/c1-11(2)10-21-14(19-3)20-9-8-12-4-6-13(7-5-12)15(16,17)18/h4-7,11H,8-10H2,1-3H3,(H2,19,20,21). The molecule has 21 heavy (non-hydrogen) atoms. The van der Waals surface area contributed by atoms with E-state index in [1.54, 1.807) is 7.05 Å². The molecule has 0 spiro atoms. The van der Waals surface area contributed by atoms with Gasteiger partial charge in [-0.25, -0.2) is 0 Å². The van der Waals surface area contributed by atoms with Gasteiger partial charge in [-0.1, -0.05) is 26.0 Å². The highest BCUT2D eigenvalue weighted by molar-refractivity contribution is 5.79. The Morgan fingerprint density at radius 1 is 1.14 bits per heavy atom. The first-order chi connectivity index (χ1) is 9.82. The van der Waals surface area contributed by atoms with Crippen LogP contribution in [0.5, 0.6) is 0 Å². The molecule has 0 aromatic heterocycles. The van der Waals surface area contributed by atoms with Crippen LogP contribution in [0, 0.1) is 5.92 Å². The smallest absolute Gasteiger partial charge is 0.356 e. The lowest BCUT2D eigenvalue weighted by atomic mass is 10.1. The van der Waals surface area contributed by atoms with Gasteiger partial charge in [0, 0.05) is 20.1 Å². The number of aliphatic imine (C=N–C) groups is 1. The molecule has 0 saturated heterocycles. The Balaban J connectivity index is 2.41. The van der Waals surface area contributed by atoms with E-state index in [-0.39, 0.29) is 0 Å².